The first-order chi connectivity index (χ1) is 7.74. The van der Waals surface area contributed by atoms with Crippen LogP contribution in [-0.4, -0.2) is 13.1 Å². The van der Waals surface area contributed by atoms with E-state index in [1.807, 2.05) is 6.07 Å². The number of hydrogen-bond acceptors (Lipinski definition) is 1. The van der Waals surface area contributed by atoms with Gasteiger partial charge in [0.1, 0.15) is 5.82 Å². The van der Waals surface area contributed by atoms with Crippen molar-refractivity contribution in [2.24, 2.45) is 0 Å². The van der Waals surface area contributed by atoms with Crippen LogP contribution >= 0.6 is 11.6 Å². The third-order valence-electron chi connectivity index (χ3n) is 2.24. The van der Waals surface area contributed by atoms with Crippen LogP contribution in [0, 0.1) is 5.82 Å². The lowest BCUT2D eigenvalue weighted by Crippen LogP contribution is -2.12. The minimum Gasteiger partial charge on any atom is -0.317 e. The van der Waals surface area contributed by atoms with Gasteiger partial charge in [0.2, 0.25) is 0 Å². The summed E-state index contributed by atoms with van der Waals surface area (Å²) in [7, 11) is 0. The van der Waals surface area contributed by atoms with Crippen LogP contribution in [-0.2, 0) is 6.42 Å². The van der Waals surface area contributed by atoms with Crippen molar-refractivity contribution < 1.29 is 4.39 Å². The Hall–Kier alpha value is -0.860. The molecule has 0 aliphatic rings. The van der Waals surface area contributed by atoms with E-state index in [1.54, 1.807) is 6.07 Å². The molecule has 1 N–H and O–H groups in total. The number of allylic oxidation sites excluding steroid dienone is 1. The molecule has 1 rings (SSSR count). The number of hydrogen-bond donors (Lipinski definition) is 1. The molecule has 1 nitrogen and oxygen atoms in total. The van der Waals surface area contributed by atoms with E-state index in [9.17, 15) is 4.39 Å². The fraction of sp³-hybridized carbons (Fsp3) is 0.385. The number of benzene rings is 1. The summed E-state index contributed by atoms with van der Waals surface area (Å²) >= 11 is 5.60. The summed E-state index contributed by atoms with van der Waals surface area (Å²) in [6.45, 7) is 4.07. The highest BCUT2D eigenvalue weighted by Gasteiger charge is 1.98. The molecular weight excluding hydrogens is 225 g/mol. The smallest absolute Gasteiger partial charge is 0.142 e. The highest BCUT2D eigenvalue weighted by Crippen LogP contribution is 2.15. The van der Waals surface area contributed by atoms with E-state index in [1.165, 1.54) is 6.07 Å². The van der Waals surface area contributed by atoms with Crippen molar-refractivity contribution >= 4 is 11.6 Å². The topological polar surface area (TPSA) is 12.0 Å². The van der Waals surface area contributed by atoms with Crippen LogP contribution in [0.4, 0.5) is 4.39 Å². The molecule has 16 heavy (non-hydrogen) atoms. The maximum absolute atomic E-state index is 13.1. The van der Waals surface area contributed by atoms with Crippen LogP contribution in [0.25, 0.3) is 0 Å². The summed E-state index contributed by atoms with van der Waals surface area (Å²) in [5, 5.41) is 3.42. The van der Waals surface area contributed by atoms with Gasteiger partial charge >= 0.3 is 0 Å². The first-order valence-electron chi connectivity index (χ1n) is 5.53. The van der Waals surface area contributed by atoms with Crippen molar-refractivity contribution in [1.29, 1.82) is 0 Å². The fourth-order valence-corrected chi connectivity index (χ4v) is 1.48. The van der Waals surface area contributed by atoms with Crippen LogP contribution in [0.15, 0.2) is 30.4 Å². The molecule has 0 heterocycles. The predicted molar refractivity (Wildman–Crippen MR) is 67.4 cm³/mol. The molecule has 0 bridgehead atoms. The predicted octanol–water partition coefficient (Wildman–Crippen LogP) is 3.58. The molecule has 88 valence electrons. The normalized spacial score (nSPS) is 11.2. The van der Waals surface area contributed by atoms with Gasteiger partial charge in [0.25, 0.3) is 0 Å². The van der Waals surface area contributed by atoms with Gasteiger partial charge in [0.05, 0.1) is 5.02 Å². The third-order valence-corrected chi connectivity index (χ3v) is 2.55. The minimum atomic E-state index is -0.347. The lowest BCUT2D eigenvalue weighted by molar-refractivity contribution is 0.626. The zero-order valence-electron chi connectivity index (χ0n) is 9.47. The Balaban J connectivity index is 2.34. The third kappa shape index (κ3) is 4.77. The first kappa shape index (κ1) is 13.2. The summed E-state index contributed by atoms with van der Waals surface area (Å²) in [4.78, 5) is 0. The van der Waals surface area contributed by atoms with E-state index in [-0.39, 0.29) is 10.8 Å². The molecule has 0 radical (unpaired) electrons. The second-order valence-electron chi connectivity index (χ2n) is 3.57. The summed E-state index contributed by atoms with van der Waals surface area (Å²) < 4.78 is 13.1. The van der Waals surface area contributed by atoms with Gasteiger partial charge in [-0.3, -0.25) is 0 Å². The molecule has 1 aromatic rings. The van der Waals surface area contributed by atoms with Crippen LogP contribution in [0.3, 0.4) is 0 Å². The molecule has 0 amide bonds. The SMILES string of the molecule is CCNCC/C=C/Cc1ccc(Cl)c(F)c1. The highest BCUT2D eigenvalue weighted by molar-refractivity contribution is 6.30. The Morgan fingerprint density at radius 3 is 2.88 bits per heavy atom. The maximum atomic E-state index is 13.1. The lowest BCUT2D eigenvalue weighted by Gasteiger charge is -1.99. The zero-order valence-corrected chi connectivity index (χ0v) is 10.2. The summed E-state index contributed by atoms with van der Waals surface area (Å²) in [6.07, 6.45) is 5.92. The van der Waals surface area contributed by atoms with E-state index >= 15 is 0 Å². The quantitative estimate of drug-likeness (QED) is 0.593. The van der Waals surface area contributed by atoms with Crippen LogP contribution < -0.4 is 5.32 Å². The van der Waals surface area contributed by atoms with Crippen molar-refractivity contribution in [3.8, 4) is 0 Å². The summed E-state index contributed by atoms with van der Waals surface area (Å²) in [5.74, 6) is -0.347. The van der Waals surface area contributed by atoms with Gasteiger partial charge in [-0.05, 0) is 43.6 Å². The van der Waals surface area contributed by atoms with Crippen molar-refractivity contribution in [2.75, 3.05) is 13.1 Å². The van der Waals surface area contributed by atoms with Crippen molar-refractivity contribution in [1.82, 2.24) is 5.32 Å². The lowest BCUT2D eigenvalue weighted by atomic mass is 10.1. The molecule has 0 aliphatic carbocycles. The first-order valence-corrected chi connectivity index (χ1v) is 5.91. The molecule has 0 spiro atoms. The standard InChI is InChI=1S/C13H17ClFN/c1-2-16-9-5-3-4-6-11-7-8-12(14)13(15)10-11/h3-4,7-8,10,16H,2,5-6,9H2,1H3/b4-3+. The highest BCUT2D eigenvalue weighted by atomic mass is 35.5. The largest absolute Gasteiger partial charge is 0.317 e. The van der Waals surface area contributed by atoms with E-state index in [0.717, 1.165) is 31.5 Å². The molecule has 0 aromatic heterocycles. The summed E-state index contributed by atoms with van der Waals surface area (Å²) in [5.41, 5.74) is 0.946. The fourth-order valence-electron chi connectivity index (χ4n) is 1.37. The second kappa shape index (κ2) is 7.42. The van der Waals surface area contributed by atoms with Gasteiger partial charge in [-0.15, -0.1) is 0 Å². The molecule has 0 saturated heterocycles. The Kier molecular flexibility index (Phi) is 6.12. The molecule has 0 atom stereocenters. The molecule has 0 fully saturated rings. The molecule has 3 heteroatoms. The average Bonchev–Trinajstić information content (AvgIpc) is 2.28. The van der Waals surface area contributed by atoms with Crippen LogP contribution in [0.5, 0.6) is 0 Å². The van der Waals surface area contributed by atoms with Gasteiger partial charge < -0.3 is 5.32 Å². The van der Waals surface area contributed by atoms with Crippen molar-refractivity contribution in [2.45, 2.75) is 19.8 Å². The van der Waals surface area contributed by atoms with E-state index in [4.69, 9.17) is 11.6 Å². The average molecular weight is 242 g/mol. The Morgan fingerprint density at radius 2 is 2.19 bits per heavy atom. The monoisotopic (exact) mass is 241 g/mol. The molecule has 0 saturated carbocycles. The number of halogens is 2. The molecule has 0 aliphatic heterocycles. The van der Waals surface area contributed by atoms with Crippen LogP contribution in [0.2, 0.25) is 5.02 Å². The Morgan fingerprint density at radius 1 is 1.38 bits per heavy atom. The Bertz CT molecular complexity index is 350. The minimum absolute atomic E-state index is 0.180. The van der Waals surface area contributed by atoms with E-state index in [2.05, 4.69) is 24.4 Å². The van der Waals surface area contributed by atoms with Crippen molar-refractivity contribution in [3.63, 3.8) is 0 Å². The van der Waals surface area contributed by atoms with Gasteiger partial charge in [-0.1, -0.05) is 36.7 Å². The van der Waals surface area contributed by atoms with E-state index < -0.39 is 0 Å². The number of rotatable bonds is 6. The summed E-state index contributed by atoms with van der Waals surface area (Å²) in [6, 6.07) is 4.93. The zero-order chi connectivity index (χ0) is 11.8. The van der Waals surface area contributed by atoms with Gasteiger partial charge in [-0.2, -0.15) is 0 Å². The van der Waals surface area contributed by atoms with Gasteiger partial charge in [-0.25, -0.2) is 4.39 Å². The Labute approximate surface area is 101 Å². The van der Waals surface area contributed by atoms with Crippen molar-refractivity contribution in [3.05, 3.63) is 46.8 Å². The van der Waals surface area contributed by atoms with E-state index in [0.29, 0.717) is 0 Å². The molecule has 1 aromatic carbocycles. The van der Waals surface area contributed by atoms with Gasteiger partial charge in [0.15, 0.2) is 0 Å². The maximum Gasteiger partial charge on any atom is 0.142 e. The van der Waals surface area contributed by atoms with Crippen LogP contribution in [0.1, 0.15) is 18.9 Å². The second-order valence-corrected chi connectivity index (χ2v) is 3.97. The molecule has 0 unspecified atom stereocenters. The van der Waals surface area contributed by atoms with Gasteiger partial charge in [0, 0.05) is 0 Å². The number of nitrogens with one attached hydrogen (secondary N) is 1. The molecular formula is C13H17ClFN.